The molecule has 0 saturated heterocycles. The third kappa shape index (κ3) is 4.62. The highest BCUT2D eigenvalue weighted by Crippen LogP contribution is 2.31. The van der Waals surface area contributed by atoms with Crippen LogP contribution in [-0.2, 0) is 0 Å². The topological polar surface area (TPSA) is 81.4 Å². The molecule has 31 heavy (non-hydrogen) atoms. The van der Waals surface area contributed by atoms with Crippen LogP contribution in [0.2, 0.25) is 5.02 Å². The molecule has 0 radical (unpaired) electrons. The number of halogens is 1. The van der Waals surface area contributed by atoms with Gasteiger partial charge >= 0.3 is 0 Å². The Morgan fingerprint density at radius 2 is 1.90 bits per heavy atom. The molecule has 0 aliphatic rings. The number of rotatable bonds is 6. The van der Waals surface area contributed by atoms with Crippen LogP contribution in [0, 0.1) is 0 Å². The quantitative estimate of drug-likeness (QED) is 0.363. The Labute approximate surface area is 184 Å². The van der Waals surface area contributed by atoms with Gasteiger partial charge in [0.25, 0.3) is 5.91 Å². The van der Waals surface area contributed by atoms with E-state index in [1.807, 2.05) is 42.6 Å². The van der Waals surface area contributed by atoms with Crippen molar-refractivity contribution in [1.82, 2.24) is 20.2 Å². The third-order valence-electron chi connectivity index (χ3n) is 4.50. The van der Waals surface area contributed by atoms with Gasteiger partial charge in [-0.2, -0.15) is 10.2 Å². The van der Waals surface area contributed by atoms with Crippen molar-refractivity contribution in [3.63, 3.8) is 0 Å². The number of hydrazone groups is 1. The summed E-state index contributed by atoms with van der Waals surface area (Å²) in [7, 11) is 1.56. The van der Waals surface area contributed by atoms with E-state index in [2.05, 4.69) is 15.5 Å². The minimum absolute atomic E-state index is 0.330. The number of methoxy groups -OCH3 is 1. The average Bonchev–Trinajstić information content (AvgIpc) is 3.24. The number of carbonyl (C=O) groups excluding carboxylic acids is 1. The monoisotopic (exact) mass is 431 g/mol. The molecule has 2 aromatic carbocycles. The molecule has 2 aromatic heterocycles. The number of carbonyl (C=O) groups is 1. The number of hydrogen-bond donors (Lipinski definition) is 1. The van der Waals surface area contributed by atoms with Crippen LogP contribution in [0.25, 0.3) is 16.9 Å². The van der Waals surface area contributed by atoms with Gasteiger partial charge in [-0.3, -0.25) is 9.78 Å². The second kappa shape index (κ2) is 9.23. The number of aromatic nitrogens is 3. The van der Waals surface area contributed by atoms with E-state index in [0.717, 1.165) is 11.3 Å². The number of benzene rings is 2. The minimum atomic E-state index is -0.330. The van der Waals surface area contributed by atoms with Crippen LogP contribution in [0.4, 0.5) is 0 Å². The Morgan fingerprint density at radius 1 is 1.13 bits per heavy atom. The number of nitrogens with zero attached hydrogens (tertiary/aromatic N) is 4. The molecule has 0 spiro atoms. The zero-order chi connectivity index (χ0) is 21.6. The van der Waals surface area contributed by atoms with E-state index < -0.39 is 0 Å². The molecule has 0 unspecified atom stereocenters. The highest BCUT2D eigenvalue weighted by atomic mass is 35.5. The van der Waals surface area contributed by atoms with E-state index in [4.69, 9.17) is 21.4 Å². The third-order valence-corrected chi connectivity index (χ3v) is 4.80. The van der Waals surface area contributed by atoms with Crippen molar-refractivity contribution in [2.24, 2.45) is 5.10 Å². The van der Waals surface area contributed by atoms with E-state index in [-0.39, 0.29) is 5.91 Å². The SMILES string of the molecule is COc1ccc(-c2nn(-c3ccccc3)cc2/C=N/NC(=O)c2ccncc2)cc1Cl. The molecule has 4 rings (SSSR count). The Bertz CT molecular complexity index is 1220. The van der Waals surface area contributed by atoms with E-state index in [1.54, 1.807) is 54.7 Å². The van der Waals surface area contributed by atoms with Gasteiger partial charge in [-0.15, -0.1) is 0 Å². The highest BCUT2D eigenvalue weighted by molar-refractivity contribution is 6.32. The van der Waals surface area contributed by atoms with Crippen molar-refractivity contribution in [3.05, 3.63) is 95.4 Å². The summed E-state index contributed by atoms with van der Waals surface area (Å²) in [5.41, 5.74) is 6.05. The van der Waals surface area contributed by atoms with Gasteiger partial charge in [-0.05, 0) is 42.5 Å². The van der Waals surface area contributed by atoms with Crippen LogP contribution in [-0.4, -0.2) is 34.0 Å². The lowest BCUT2D eigenvalue weighted by molar-refractivity contribution is 0.0955. The predicted molar refractivity (Wildman–Crippen MR) is 120 cm³/mol. The molecule has 0 fully saturated rings. The van der Waals surface area contributed by atoms with Crippen molar-refractivity contribution in [2.75, 3.05) is 7.11 Å². The maximum atomic E-state index is 12.2. The fourth-order valence-corrected chi connectivity index (χ4v) is 3.22. The smallest absolute Gasteiger partial charge is 0.271 e. The van der Waals surface area contributed by atoms with Crippen LogP contribution in [0.5, 0.6) is 5.75 Å². The summed E-state index contributed by atoms with van der Waals surface area (Å²) in [5.74, 6) is 0.246. The molecule has 7 nitrogen and oxygen atoms in total. The minimum Gasteiger partial charge on any atom is -0.495 e. The van der Waals surface area contributed by atoms with Crippen LogP contribution < -0.4 is 10.2 Å². The van der Waals surface area contributed by atoms with Gasteiger partial charge in [0.1, 0.15) is 11.4 Å². The van der Waals surface area contributed by atoms with Gasteiger partial charge in [0, 0.05) is 35.3 Å². The number of hydrogen-bond acceptors (Lipinski definition) is 5. The van der Waals surface area contributed by atoms with Crippen molar-refractivity contribution in [2.45, 2.75) is 0 Å². The summed E-state index contributed by atoms with van der Waals surface area (Å²) in [4.78, 5) is 16.1. The predicted octanol–water partition coefficient (Wildman–Crippen LogP) is 4.36. The second-order valence-electron chi connectivity index (χ2n) is 6.50. The van der Waals surface area contributed by atoms with Crippen LogP contribution >= 0.6 is 11.6 Å². The van der Waals surface area contributed by atoms with Crippen molar-refractivity contribution < 1.29 is 9.53 Å². The lowest BCUT2D eigenvalue weighted by Gasteiger charge is -2.05. The normalized spacial score (nSPS) is 10.9. The lowest BCUT2D eigenvalue weighted by atomic mass is 10.1. The van der Waals surface area contributed by atoms with E-state index in [9.17, 15) is 4.79 Å². The van der Waals surface area contributed by atoms with Gasteiger partial charge in [-0.1, -0.05) is 29.8 Å². The van der Waals surface area contributed by atoms with Crippen molar-refractivity contribution in [1.29, 1.82) is 0 Å². The molecule has 0 atom stereocenters. The molecule has 0 aliphatic carbocycles. The Kier molecular flexibility index (Phi) is 6.05. The summed E-state index contributed by atoms with van der Waals surface area (Å²) < 4.78 is 6.99. The summed E-state index contributed by atoms with van der Waals surface area (Å²) in [6.45, 7) is 0. The van der Waals surface area contributed by atoms with E-state index in [1.165, 1.54) is 0 Å². The van der Waals surface area contributed by atoms with Gasteiger partial charge in [-0.25, -0.2) is 10.1 Å². The molecule has 0 bridgehead atoms. The second-order valence-corrected chi connectivity index (χ2v) is 6.90. The molecule has 2 heterocycles. The fourth-order valence-electron chi connectivity index (χ4n) is 2.96. The summed E-state index contributed by atoms with van der Waals surface area (Å²) in [6, 6.07) is 18.4. The van der Waals surface area contributed by atoms with Gasteiger partial charge < -0.3 is 4.74 Å². The summed E-state index contributed by atoms with van der Waals surface area (Å²) in [6.07, 6.45) is 6.49. The number of ether oxygens (including phenoxy) is 1. The fraction of sp³-hybridized carbons (Fsp3) is 0.0435. The highest BCUT2D eigenvalue weighted by Gasteiger charge is 2.13. The van der Waals surface area contributed by atoms with Crippen LogP contribution in [0.15, 0.2) is 84.4 Å². The molecule has 0 aliphatic heterocycles. The standard InChI is InChI=1S/C23H18ClN5O2/c1-31-21-8-7-17(13-20(21)24)22-18(15-29(28-22)19-5-3-2-4-6-19)14-26-27-23(30)16-9-11-25-12-10-16/h2-15H,1H3,(H,27,30)/b26-14+. The number of pyridine rings is 1. The first-order chi connectivity index (χ1) is 15.2. The Balaban J connectivity index is 1.67. The maximum Gasteiger partial charge on any atom is 0.271 e. The van der Waals surface area contributed by atoms with E-state index in [0.29, 0.717) is 27.6 Å². The lowest BCUT2D eigenvalue weighted by Crippen LogP contribution is -2.17. The van der Waals surface area contributed by atoms with E-state index >= 15 is 0 Å². The van der Waals surface area contributed by atoms with Gasteiger partial charge in [0.2, 0.25) is 0 Å². The molecule has 154 valence electrons. The summed E-state index contributed by atoms with van der Waals surface area (Å²) in [5, 5.41) is 9.29. The van der Waals surface area contributed by atoms with Crippen molar-refractivity contribution in [3.8, 4) is 22.7 Å². The molecule has 0 saturated carbocycles. The first kappa shape index (κ1) is 20.3. The van der Waals surface area contributed by atoms with Crippen LogP contribution in [0.1, 0.15) is 15.9 Å². The number of nitrogens with one attached hydrogen (secondary N) is 1. The van der Waals surface area contributed by atoms with Crippen molar-refractivity contribution >= 4 is 23.7 Å². The Hall–Kier alpha value is -3.97. The van der Waals surface area contributed by atoms with Gasteiger partial charge in [0.15, 0.2) is 0 Å². The number of para-hydroxylation sites is 1. The zero-order valence-electron chi connectivity index (χ0n) is 16.6. The van der Waals surface area contributed by atoms with Crippen LogP contribution in [0.3, 0.4) is 0 Å². The molecule has 4 aromatic rings. The summed E-state index contributed by atoms with van der Waals surface area (Å²) >= 11 is 6.31. The first-order valence-electron chi connectivity index (χ1n) is 9.38. The molecular formula is C23H18ClN5O2. The molecular weight excluding hydrogens is 414 g/mol. The van der Waals surface area contributed by atoms with Gasteiger partial charge in [0.05, 0.1) is 24.0 Å². The molecule has 1 N–H and O–H groups in total. The average molecular weight is 432 g/mol. The largest absolute Gasteiger partial charge is 0.495 e. The number of amides is 1. The Morgan fingerprint density at radius 3 is 2.61 bits per heavy atom. The molecule has 1 amide bonds. The first-order valence-corrected chi connectivity index (χ1v) is 9.76. The zero-order valence-corrected chi connectivity index (χ0v) is 17.3. The maximum absolute atomic E-state index is 12.2. The molecule has 8 heteroatoms.